The van der Waals surface area contributed by atoms with Crippen LogP contribution >= 0.6 is 12.4 Å². The number of hydrogen-bond donors (Lipinski definition) is 2. The summed E-state index contributed by atoms with van der Waals surface area (Å²) < 4.78 is 7.74. The highest BCUT2D eigenvalue weighted by Gasteiger charge is 2.09. The zero-order valence-corrected chi connectivity index (χ0v) is 13.2. The van der Waals surface area contributed by atoms with Crippen LogP contribution < -0.4 is 10.1 Å². The van der Waals surface area contributed by atoms with Crippen LogP contribution in [0.5, 0.6) is 5.75 Å². The number of halogens is 1. The molecule has 1 heterocycles. The van der Waals surface area contributed by atoms with Gasteiger partial charge in [0.05, 0.1) is 5.69 Å². The van der Waals surface area contributed by atoms with Gasteiger partial charge in [-0.25, -0.2) is 0 Å². The molecule has 0 saturated carbocycles. The van der Waals surface area contributed by atoms with Crippen molar-refractivity contribution in [3.63, 3.8) is 0 Å². The van der Waals surface area contributed by atoms with E-state index in [0.29, 0.717) is 12.6 Å². The molecule has 5 heteroatoms. The number of aliphatic hydroxyl groups excluding tert-OH is 1. The first-order valence-corrected chi connectivity index (χ1v) is 6.93. The summed E-state index contributed by atoms with van der Waals surface area (Å²) in [5.41, 5.74) is 0.974. The molecule has 0 spiro atoms. The predicted molar refractivity (Wildman–Crippen MR) is 87.7 cm³/mol. The number of aliphatic hydroxyl groups is 1. The second kappa shape index (κ2) is 8.72. The Morgan fingerprint density at radius 1 is 1.14 bits per heavy atom. The van der Waals surface area contributed by atoms with E-state index < -0.39 is 6.10 Å². The van der Waals surface area contributed by atoms with Crippen LogP contribution in [-0.2, 0) is 0 Å². The van der Waals surface area contributed by atoms with E-state index in [1.807, 2.05) is 53.4 Å². The highest BCUT2D eigenvalue weighted by Crippen LogP contribution is 2.22. The normalized spacial score (nSPS) is 12.0. The summed E-state index contributed by atoms with van der Waals surface area (Å²) >= 11 is 0. The van der Waals surface area contributed by atoms with Crippen molar-refractivity contribution in [3.8, 4) is 11.4 Å². The van der Waals surface area contributed by atoms with Crippen LogP contribution in [0.15, 0.2) is 48.8 Å². The van der Waals surface area contributed by atoms with E-state index >= 15 is 0 Å². The first-order valence-electron chi connectivity index (χ1n) is 6.93. The quantitative estimate of drug-likeness (QED) is 0.826. The molecule has 1 aromatic heterocycles. The fourth-order valence-electron chi connectivity index (χ4n) is 1.90. The third-order valence-corrected chi connectivity index (χ3v) is 2.94. The van der Waals surface area contributed by atoms with Crippen LogP contribution in [0.1, 0.15) is 13.8 Å². The van der Waals surface area contributed by atoms with Crippen molar-refractivity contribution in [2.75, 3.05) is 13.2 Å². The maximum Gasteiger partial charge on any atom is 0.143 e. The topological polar surface area (TPSA) is 46.4 Å². The fraction of sp³-hybridized carbons (Fsp3) is 0.375. The van der Waals surface area contributed by atoms with Gasteiger partial charge in [0, 0.05) is 25.0 Å². The number of para-hydroxylation sites is 2. The Balaban J connectivity index is 0.00000220. The molecule has 0 saturated heterocycles. The molecule has 0 radical (unpaired) electrons. The summed E-state index contributed by atoms with van der Waals surface area (Å²) in [5.74, 6) is 0.771. The molecular weight excluding hydrogens is 288 g/mol. The third-order valence-electron chi connectivity index (χ3n) is 2.94. The van der Waals surface area contributed by atoms with Gasteiger partial charge in [-0.3, -0.25) is 0 Å². The highest BCUT2D eigenvalue weighted by atomic mass is 35.5. The SMILES string of the molecule is CC(C)NCC(O)COc1ccccc1-n1cccc1.Cl. The van der Waals surface area contributed by atoms with E-state index in [-0.39, 0.29) is 19.0 Å². The Morgan fingerprint density at radius 2 is 1.81 bits per heavy atom. The average Bonchev–Trinajstić information content (AvgIpc) is 2.97. The minimum atomic E-state index is -0.518. The Morgan fingerprint density at radius 3 is 2.48 bits per heavy atom. The van der Waals surface area contributed by atoms with Crippen LogP contribution in [0, 0.1) is 0 Å². The van der Waals surface area contributed by atoms with E-state index in [0.717, 1.165) is 11.4 Å². The van der Waals surface area contributed by atoms with E-state index in [2.05, 4.69) is 19.2 Å². The molecule has 1 aromatic carbocycles. The summed E-state index contributed by atoms with van der Waals surface area (Å²) in [6.45, 7) is 4.91. The van der Waals surface area contributed by atoms with Gasteiger partial charge in [0.25, 0.3) is 0 Å². The molecule has 21 heavy (non-hydrogen) atoms. The molecule has 2 aromatic rings. The van der Waals surface area contributed by atoms with Crippen molar-refractivity contribution in [2.45, 2.75) is 26.0 Å². The number of nitrogens with zero attached hydrogens (tertiary/aromatic N) is 1. The third kappa shape index (κ3) is 5.42. The zero-order chi connectivity index (χ0) is 14.4. The van der Waals surface area contributed by atoms with E-state index in [9.17, 15) is 5.11 Å². The Kier molecular flexibility index (Phi) is 7.29. The summed E-state index contributed by atoms with van der Waals surface area (Å²) in [5, 5.41) is 13.1. The molecule has 0 aliphatic heterocycles. The van der Waals surface area contributed by atoms with Gasteiger partial charge in [0.2, 0.25) is 0 Å². The number of ether oxygens (including phenoxy) is 1. The van der Waals surface area contributed by atoms with Crippen LogP contribution in [0.4, 0.5) is 0 Å². The first kappa shape index (κ1) is 17.6. The molecule has 2 N–H and O–H groups in total. The van der Waals surface area contributed by atoms with E-state index in [4.69, 9.17) is 4.74 Å². The second-order valence-corrected chi connectivity index (χ2v) is 5.09. The molecule has 0 amide bonds. The van der Waals surface area contributed by atoms with Crippen LogP contribution in [-0.4, -0.2) is 35.0 Å². The van der Waals surface area contributed by atoms with Crippen LogP contribution in [0.2, 0.25) is 0 Å². The lowest BCUT2D eigenvalue weighted by Gasteiger charge is -2.17. The molecule has 0 aliphatic rings. The molecule has 0 bridgehead atoms. The lowest BCUT2D eigenvalue weighted by atomic mass is 10.3. The van der Waals surface area contributed by atoms with Crippen molar-refractivity contribution >= 4 is 12.4 Å². The molecule has 116 valence electrons. The largest absolute Gasteiger partial charge is 0.489 e. The van der Waals surface area contributed by atoms with Crippen LogP contribution in [0.3, 0.4) is 0 Å². The van der Waals surface area contributed by atoms with E-state index in [1.165, 1.54) is 0 Å². The summed E-state index contributed by atoms with van der Waals surface area (Å²) in [6, 6.07) is 12.1. The van der Waals surface area contributed by atoms with Gasteiger partial charge in [0.1, 0.15) is 18.5 Å². The Hall–Kier alpha value is -1.49. The zero-order valence-electron chi connectivity index (χ0n) is 12.4. The van der Waals surface area contributed by atoms with Crippen molar-refractivity contribution in [2.24, 2.45) is 0 Å². The van der Waals surface area contributed by atoms with E-state index in [1.54, 1.807) is 0 Å². The van der Waals surface area contributed by atoms with Crippen LogP contribution in [0.25, 0.3) is 5.69 Å². The van der Waals surface area contributed by atoms with Gasteiger partial charge >= 0.3 is 0 Å². The minimum absolute atomic E-state index is 0. The fourth-order valence-corrected chi connectivity index (χ4v) is 1.90. The highest BCUT2D eigenvalue weighted by molar-refractivity contribution is 5.85. The van der Waals surface area contributed by atoms with Gasteiger partial charge in [-0.05, 0) is 24.3 Å². The molecule has 1 unspecified atom stereocenters. The summed E-state index contributed by atoms with van der Waals surface area (Å²) in [6.07, 6.45) is 3.42. The Labute approximate surface area is 132 Å². The second-order valence-electron chi connectivity index (χ2n) is 5.09. The lowest BCUT2D eigenvalue weighted by Crippen LogP contribution is -2.35. The summed E-state index contributed by atoms with van der Waals surface area (Å²) in [4.78, 5) is 0. The molecule has 0 fully saturated rings. The molecule has 2 rings (SSSR count). The number of hydrogen-bond acceptors (Lipinski definition) is 3. The maximum absolute atomic E-state index is 9.89. The predicted octanol–water partition coefficient (Wildman–Crippen LogP) is 2.64. The number of aromatic nitrogens is 1. The lowest BCUT2D eigenvalue weighted by molar-refractivity contribution is 0.104. The molecule has 4 nitrogen and oxygen atoms in total. The van der Waals surface area contributed by atoms with Gasteiger partial charge in [0.15, 0.2) is 0 Å². The number of benzene rings is 1. The molecule has 0 aliphatic carbocycles. The van der Waals surface area contributed by atoms with Crippen molar-refractivity contribution in [1.82, 2.24) is 9.88 Å². The van der Waals surface area contributed by atoms with Crippen molar-refractivity contribution in [3.05, 3.63) is 48.8 Å². The first-order chi connectivity index (χ1) is 9.66. The standard InChI is InChI=1S/C16H22N2O2.ClH/c1-13(2)17-11-14(19)12-20-16-8-4-3-7-15(16)18-9-5-6-10-18;/h3-10,13-14,17,19H,11-12H2,1-2H3;1H. The monoisotopic (exact) mass is 310 g/mol. The van der Waals surface area contributed by atoms with Gasteiger partial charge < -0.3 is 19.7 Å². The molecular formula is C16H23ClN2O2. The van der Waals surface area contributed by atoms with Gasteiger partial charge in [-0.2, -0.15) is 0 Å². The number of nitrogens with one attached hydrogen (secondary N) is 1. The summed E-state index contributed by atoms with van der Waals surface area (Å²) in [7, 11) is 0. The Bertz CT molecular complexity index is 515. The maximum atomic E-state index is 9.89. The van der Waals surface area contributed by atoms with Crippen molar-refractivity contribution in [1.29, 1.82) is 0 Å². The minimum Gasteiger partial charge on any atom is -0.489 e. The van der Waals surface area contributed by atoms with Crippen molar-refractivity contribution < 1.29 is 9.84 Å². The average molecular weight is 311 g/mol. The van der Waals surface area contributed by atoms with Gasteiger partial charge in [-0.15, -0.1) is 12.4 Å². The molecule has 1 atom stereocenters. The van der Waals surface area contributed by atoms with Gasteiger partial charge in [-0.1, -0.05) is 26.0 Å². The number of rotatable bonds is 7. The smallest absolute Gasteiger partial charge is 0.143 e.